The average Bonchev–Trinajstić information content (AvgIpc) is 1.91. The van der Waals surface area contributed by atoms with Crippen molar-refractivity contribution >= 4 is 0 Å². The molecule has 2 bridgehead atoms. The molecule has 0 aliphatic heterocycles. The van der Waals surface area contributed by atoms with Crippen LogP contribution in [0.3, 0.4) is 0 Å². The molecule has 1 fully saturated rings. The molecule has 3 aliphatic rings. The number of hydrogen-bond acceptors (Lipinski definition) is 0. The van der Waals surface area contributed by atoms with Gasteiger partial charge in [0.1, 0.15) is 0 Å². The highest BCUT2D eigenvalue weighted by Gasteiger charge is 2.27. The summed E-state index contributed by atoms with van der Waals surface area (Å²) >= 11 is 0. The molecule has 0 saturated heterocycles. The van der Waals surface area contributed by atoms with Crippen LogP contribution in [0.1, 0.15) is 12.8 Å². The molecule has 10 heavy (non-hydrogen) atoms. The molecule has 0 radical (unpaired) electrons. The fourth-order valence-electron chi connectivity index (χ4n) is 1.83. The maximum Gasteiger partial charge on any atom is 0.00119 e. The molecule has 2 atom stereocenters. The van der Waals surface area contributed by atoms with Crippen LogP contribution >= 0.6 is 0 Å². The van der Waals surface area contributed by atoms with Crippen LogP contribution in [0.5, 0.6) is 0 Å². The molecule has 0 heteroatoms. The fourth-order valence-corrected chi connectivity index (χ4v) is 1.83. The van der Waals surface area contributed by atoms with Gasteiger partial charge in [0.05, 0.1) is 0 Å². The minimum absolute atomic E-state index is 0.623. The van der Waals surface area contributed by atoms with Crippen LogP contribution in [0.15, 0.2) is 36.5 Å². The van der Waals surface area contributed by atoms with E-state index in [9.17, 15) is 0 Å². The third-order valence-corrected chi connectivity index (χ3v) is 2.59. The first-order chi connectivity index (χ1) is 4.77. The summed E-state index contributed by atoms with van der Waals surface area (Å²) in [5.41, 5.74) is 2.81. The topological polar surface area (TPSA) is 0 Å². The molecule has 52 valence electrons. The Morgan fingerprint density at radius 1 is 1.00 bits per heavy atom. The molecule has 1 saturated carbocycles. The smallest absolute Gasteiger partial charge is 0.00119 e. The quantitative estimate of drug-likeness (QED) is 0.444. The van der Waals surface area contributed by atoms with E-state index in [1.54, 1.807) is 0 Å². The van der Waals surface area contributed by atoms with Crippen molar-refractivity contribution in [3.8, 4) is 0 Å². The summed E-state index contributed by atoms with van der Waals surface area (Å²) in [6.07, 6.45) is 6.87. The lowest BCUT2D eigenvalue weighted by Gasteiger charge is -2.34. The van der Waals surface area contributed by atoms with Crippen LogP contribution in [0.2, 0.25) is 0 Å². The first-order valence-corrected chi connectivity index (χ1v) is 3.81. The van der Waals surface area contributed by atoms with E-state index >= 15 is 0 Å². The Bertz CT molecular complexity index is 196. The van der Waals surface area contributed by atoms with Gasteiger partial charge in [0.2, 0.25) is 0 Å². The van der Waals surface area contributed by atoms with Crippen LogP contribution < -0.4 is 0 Å². The largest absolute Gasteiger partial charge is 0.0992 e. The molecule has 0 spiro atoms. The Kier molecular flexibility index (Phi) is 1.10. The van der Waals surface area contributed by atoms with E-state index in [0.717, 1.165) is 12.8 Å². The third kappa shape index (κ3) is 0.683. The van der Waals surface area contributed by atoms with E-state index in [1.165, 1.54) is 11.1 Å². The Labute approximate surface area is 61.9 Å². The number of allylic oxidation sites excluding steroid dienone is 4. The molecule has 0 nitrogen and oxygen atoms in total. The van der Waals surface area contributed by atoms with Crippen LogP contribution in [0, 0.1) is 11.8 Å². The highest BCUT2D eigenvalue weighted by molar-refractivity contribution is 5.31. The van der Waals surface area contributed by atoms with Crippen molar-refractivity contribution in [2.75, 3.05) is 0 Å². The first-order valence-electron chi connectivity index (χ1n) is 3.81. The highest BCUT2D eigenvalue weighted by Crippen LogP contribution is 2.41. The van der Waals surface area contributed by atoms with Gasteiger partial charge < -0.3 is 0 Å². The van der Waals surface area contributed by atoms with Crippen molar-refractivity contribution in [3.63, 3.8) is 0 Å². The van der Waals surface area contributed by atoms with E-state index in [-0.39, 0.29) is 0 Å². The maximum atomic E-state index is 4.04. The first kappa shape index (κ1) is 5.96. The summed E-state index contributed by atoms with van der Waals surface area (Å²) in [7, 11) is 0. The Morgan fingerprint density at radius 2 is 1.40 bits per heavy atom. The van der Waals surface area contributed by atoms with Crippen LogP contribution in [0.4, 0.5) is 0 Å². The average molecular weight is 132 g/mol. The summed E-state index contributed by atoms with van der Waals surface area (Å²) in [6.45, 7) is 8.08. The molecule has 0 aromatic carbocycles. The van der Waals surface area contributed by atoms with Gasteiger partial charge in [-0.05, 0) is 12.8 Å². The van der Waals surface area contributed by atoms with E-state index in [4.69, 9.17) is 0 Å². The zero-order valence-corrected chi connectivity index (χ0v) is 6.14. The second kappa shape index (κ2) is 1.85. The Balaban J connectivity index is 2.36. The molecule has 2 unspecified atom stereocenters. The Morgan fingerprint density at radius 3 is 1.60 bits per heavy atom. The summed E-state index contributed by atoms with van der Waals surface area (Å²) in [6, 6.07) is 0. The van der Waals surface area contributed by atoms with E-state index in [0.29, 0.717) is 11.8 Å². The van der Waals surface area contributed by atoms with Crippen molar-refractivity contribution in [1.29, 1.82) is 0 Å². The van der Waals surface area contributed by atoms with Gasteiger partial charge in [-0.1, -0.05) is 36.5 Å². The van der Waals surface area contributed by atoms with Crippen LogP contribution in [0.25, 0.3) is 0 Å². The normalized spacial score (nSPS) is 37.2. The molecule has 3 rings (SSSR count). The Hall–Kier alpha value is -0.780. The highest BCUT2D eigenvalue weighted by atomic mass is 14.3. The predicted molar refractivity (Wildman–Crippen MR) is 43.6 cm³/mol. The number of fused-ring (bicyclic) bond motifs is 2. The molecule has 0 aromatic rings. The van der Waals surface area contributed by atoms with E-state index in [2.05, 4.69) is 25.3 Å². The lowest BCUT2D eigenvalue weighted by Crippen LogP contribution is -2.21. The zero-order valence-electron chi connectivity index (χ0n) is 6.14. The van der Waals surface area contributed by atoms with Crippen molar-refractivity contribution in [2.45, 2.75) is 12.8 Å². The molecule has 0 aromatic heterocycles. The van der Waals surface area contributed by atoms with Crippen molar-refractivity contribution in [3.05, 3.63) is 36.5 Å². The second-order valence-electron chi connectivity index (χ2n) is 3.32. The van der Waals surface area contributed by atoms with Gasteiger partial charge in [-0.2, -0.15) is 0 Å². The summed E-state index contributed by atoms with van der Waals surface area (Å²) in [5.74, 6) is 1.25. The van der Waals surface area contributed by atoms with Gasteiger partial charge in [0.15, 0.2) is 0 Å². The standard InChI is InChI=1S/C10H12/c1-7-5-10-4-3-9(7)6-8(10)2/h3-4,9-10H,1-2,5-6H2. The van der Waals surface area contributed by atoms with Crippen LogP contribution in [-0.4, -0.2) is 0 Å². The van der Waals surface area contributed by atoms with Crippen LogP contribution in [-0.2, 0) is 0 Å². The van der Waals surface area contributed by atoms with Crippen molar-refractivity contribution in [2.24, 2.45) is 11.8 Å². The zero-order chi connectivity index (χ0) is 7.14. The van der Waals surface area contributed by atoms with Gasteiger partial charge in [0.25, 0.3) is 0 Å². The van der Waals surface area contributed by atoms with Gasteiger partial charge >= 0.3 is 0 Å². The van der Waals surface area contributed by atoms with E-state index in [1.807, 2.05) is 0 Å². The van der Waals surface area contributed by atoms with Gasteiger partial charge in [-0.25, -0.2) is 0 Å². The molecule has 0 N–H and O–H groups in total. The maximum absolute atomic E-state index is 4.04. The molecule has 3 aliphatic carbocycles. The van der Waals surface area contributed by atoms with Gasteiger partial charge in [0, 0.05) is 11.8 Å². The molecular weight excluding hydrogens is 120 g/mol. The van der Waals surface area contributed by atoms with Crippen molar-refractivity contribution in [1.82, 2.24) is 0 Å². The monoisotopic (exact) mass is 132 g/mol. The SMILES string of the molecule is C=C1CC2C=CC1CC2=C. The summed E-state index contributed by atoms with van der Waals surface area (Å²) < 4.78 is 0. The lowest BCUT2D eigenvalue weighted by molar-refractivity contribution is 0.520. The molecule has 0 amide bonds. The van der Waals surface area contributed by atoms with Gasteiger partial charge in [-0.15, -0.1) is 0 Å². The summed E-state index contributed by atoms with van der Waals surface area (Å²) in [4.78, 5) is 0. The minimum Gasteiger partial charge on any atom is -0.0992 e. The van der Waals surface area contributed by atoms with Crippen molar-refractivity contribution < 1.29 is 0 Å². The lowest BCUT2D eigenvalue weighted by atomic mass is 9.71. The second-order valence-corrected chi connectivity index (χ2v) is 3.32. The molecular formula is C10H12. The minimum atomic E-state index is 0.623. The van der Waals surface area contributed by atoms with E-state index < -0.39 is 0 Å². The number of rotatable bonds is 0. The summed E-state index contributed by atoms with van der Waals surface area (Å²) in [5, 5.41) is 0. The van der Waals surface area contributed by atoms with Gasteiger partial charge in [-0.3, -0.25) is 0 Å². The fraction of sp³-hybridized carbons (Fsp3) is 0.400. The predicted octanol–water partition coefficient (Wildman–Crippen LogP) is 2.69. The third-order valence-electron chi connectivity index (χ3n) is 2.59. The molecule has 0 heterocycles. The number of hydrogen-bond donors (Lipinski definition) is 0.